The van der Waals surface area contributed by atoms with E-state index in [9.17, 15) is 4.79 Å². The molecule has 2 N–H and O–H groups in total. The monoisotopic (exact) mass is 380 g/mol. The van der Waals surface area contributed by atoms with Gasteiger partial charge in [-0.15, -0.1) is 0 Å². The molecule has 0 saturated carbocycles. The number of hydrogen-bond donors (Lipinski definition) is 2. The summed E-state index contributed by atoms with van der Waals surface area (Å²) in [5.41, 5.74) is 3.70. The molecule has 0 radical (unpaired) electrons. The lowest BCUT2D eigenvalue weighted by Crippen LogP contribution is -2.32. The molecule has 27 heavy (non-hydrogen) atoms. The Hall–Kier alpha value is -2.98. The van der Waals surface area contributed by atoms with Crippen molar-refractivity contribution >= 4 is 28.9 Å². The number of anilines is 2. The van der Waals surface area contributed by atoms with Gasteiger partial charge in [-0.25, -0.2) is 0 Å². The third kappa shape index (κ3) is 4.80. The molecule has 3 rings (SSSR count). The third-order valence-corrected chi connectivity index (χ3v) is 4.42. The van der Waals surface area contributed by atoms with E-state index in [-0.39, 0.29) is 5.91 Å². The Morgan fingerprint density at radius 1 is 0.963 bits per heavy atom. The molecule has 0 unspecified atom stereocenters. The molecule has 0 bridgehead atoms. The van der Waals surface area contributed by atoms with Crippen LogP contribution in [0.25, 0.3) is 11.1 Å². The Morgan fingerprint density at radius 3 is 2.30 bits per heavy atom. The van der Waals surface area contributed by atoms with Gasteiger partial charge in [0.05, 0.1) is 12.8 Å². The Bertz CT molecular complexity index is 911. The van der Waals surface area contributed by atoms with Crippen molar-refractivity contribution in [3.63, 3.8) is 0 Å². The van der Waals surface area contributed by atoms with Crippen LogP contribution in [0.5, 0.6) is 5.75 Å². The van der Waals surface area contributed by atoms with Crippen LogP contribution in [0.4, 0.5) is 11.4 Å². The van der Waals surface area contributed by atoms with Crippen molar-refractivity contribution in [1.82, 2.24) is 0 Å². The molecule has 0 aromatic heterocycles. The highest BCUT2D eigenvalue weighted by Gasteiger charge is 2.15. The van der Waals surface area contributed by atoms with Gasteiger partial charge in [0.25, 0.3) is 0 Å². The van der Waals surface area contributed by atoms with Crippen LogP contribution in [0.15, 0.2) is 72.8 Å². The van der Waals surface area contributed by atoms with Crippen molar-refractivity contribution in [2.75, 3.05) is 17.7 Å². The van der Waals surface area contributed by atoms with Crippen molar-refractivity contribution in [2.24, 2.45) is 0 Å². The zero-order chi connectivity index (χ0) is 19.2. The highest BCUT2D eigenvalue weighted by atomic mass is 35.5. The number of amides is 1. The molecule has 5 heteroatoms. The highest BCUT2D eigenvalue weighted by molar-refractivity contribution is 6.31. The van der Waals surface area contributed by atoms with Gasteiger partial charge in [0, 0.05) is 10.7 Å². The summed E-state index contributed by atoms with van der Waals surface area (Å²) in [6.07, 6.45) is 0. The lowest BCUT2D eigenvalue weighted by atomic mass is 10.1. The zero-order valence-electron chi connectivity index (χ0n) is 15.2. The maximum atomic E-state index is 12.5. The number of carbonyl (C=O) groups is 1. The fraction of sp³-hybridized carbons (Fsp3) is 0.136. The van der Waals surface area contributed by atoms with Crippen molar-refractivity contribution in [2.45, 2.75) is 13.0 Å². The summed E-state index contributed by atoms with van der Waals surface area (Å²) >= 11 is 6.01. The Morgan fingerprint density at radius 2 is 1.63 bits per heavy atom. The van der Waals surface area contributed by atoms with Gasteiger partial charge in [-0.05, 0) is 48.4 Å². The molecule has 0 heterocycles. The van der Waals surface area contributed by atoms with E-state index >= 15 is 0 Å². The summed E-state index contributed by atoms with van der Waals surface area (Å²) in [6.45, 7) is 1.80. The van der Waals surface area contributed by atoms with Crippen LogP contribution < -0.4 is 15.4 Å². The molecule has 1 amide bonds. The average molecular weight is 381 g/mol. The average Bonchev–Trinajstić information content (AvgIpc) is 2.69. The van der Waals surface area contributed by atoms with Gasteiger partial charge in [-0.3, -0.25) is 4.79 Å². The number of benzene rings is 3. The number of carbonyl (C=O) groups excluding carboxylic acids is 1. The lowest BCUT2D eigenvalue weighted by Gasteiger charge is -2.17. The minimum Gasteiger partial charge on any atom is -0.495 e. The van der Waals surface area contributed by atoms with Gasteiger partial charge in [-0.2, -0.15) is 0 Å². The van der Waals surface area contributed by atoms with E-state index in [1.165, 1.54) is 0 Å². The van der Waals surface area contributed by atoms with Gasteiger partial charge in [0.1, 0.15) is 11.8 Å². The summed E-state index contributed by atoms with van der Waals surface area (Å²) < 4.78 is 5.26. The van der Waals surface area contributed by atoms with Crippen molar-refractivity contribution in [1.29, 1.82) is 0 Å². The first-order valence-corrected chi connectivity index (χ1v) is 9.01. The molecule has 1 atom stereocenters. The van der Waals surface area contributed by atoms with Gasteiger partial charge < -0.3 is 15.4 Å². The van der Waals surface area contributed by atoms with Gasteiger partial charge in [-0.1, -0.05) is 54.1 Å². The van der Waals surface area contributed by atoms with E-state index in [0.29, 0.717) is 16.5 Å². The van der Waals surface area contributed by atoms with E-state index < -0.39 is 6.04 Å². The molecule has 138 valence electrons. The number of rotatable bonds is 6. The fourth-order valence-electron chi connectivity index (χ4n) is 2.72. The molecule has 3 aromatic rings. The molecule has 4 nitrogen and oxygen atoms in total. The standard InChI is InChI=1S/C22H21ClN2O2/c1-15(22(26)25-20-14-18(23)10-13-21(20)27-2)24-19-11-8-17(9-12-19)16-6-4-3-5-7-16/h3-15,24H,1-2H3,(H,25,26)/t15-/m0/s1. The van der Waals surface area contributed by atoms with Crippen LogP contribution in [0.1, 0.15) is 6.92 Å². The first kappa shape index (κ1) is 18.8. The molecule has 3 aromatic carbocycles. The largest absolute Gasteiger partial charge is 0.495 e. The first-order chi connectivity index (χ1) is 13.1. The Labute approximate surface area is 164 Å². The minimum absolute atomic E-state index is 0.178. The van der Waals surface area contributed by atoms with Gasteiger partial charge >= 0.3 is 0 Å². The van der Waals surface area contributed by atoms with E-state index in [1.54, 1.807) is 32.2 Å². The number of methoxy groups -OCH3 is 1. The lowest BCUT2D eigenvalue weighted by molar-refractivity contribution is -0.116. The number of ether oxygens (including phenoxy) is 1. The third-order valence-electron chi connectivity index (χ3n) is 4.19. The summed E-state index contributed by atoms with van der Waals surface area (Å²) in [4.78, 5) is 12.5. The van der Waals surface area contributed by atoms with E-state index in [2.05, 4.69) is 22.8 Å². The van der Waals surface area contributed by atoms with Crippen LogP contribution in [0, 0.1) is 0 Å². The molecule has 0 saturated heterocycles. The molecular formula is C22H21ClN2O2. The van der Waals surface area contributed by atoms with Crippen LogP contribution in [0.2, 0.25) is 5.02 Å². The number of hydrogen-bond acceptors (Lipinski definition) is 3. The van der Waals surface area contributed by atoms with E-state index in [4.69, 9.17) is 16.3 Å². The molecular weight excluding hydrogens is 360 g/mol. The predicted octanol–water partition coefficient (Wildman–Crippen LogP) is 5.45. The molecule has 0 fully saturated rings. The Balaban J connectivity index is 1.65. The smallest absolute Gasteiger partial charge is 0.246 e. The normalized spacial score (nSPS) is 11.5. The second-order valence-corrected chi connectivity index (χ2v) is 6.58. The Kier molecular flexibility index (Phi) is 5.99. The quantitative estimate of drug-likeness (QED) is 0.597. The van der Waals surface area contributed by atoms with Crippen LogP contribution >= 0.6 is 11.6 Å². The summed E-state index contributed by atoms with van der Waals surface area (Å²) in [5.74, 6) is 0.384. The van der Waals surface area contributed by atoms with Crippen LogP contribution in [0.3, 0.4) is 0 Å². The second-order valence-electron chi connectivity index (χ2n) is 6.14. The van der Waals surface area contributed by atoms with Gasteiger partial charge in [0.2, 0.25) is 5.91 Å². The van der Waals surface area contributed by atoms with Crippen molar-refractivity contribution in [3.8, 4) is 16.9 Å². The predicted molar refractivity (Wildman–Crippen MR) is 112 cm³/mol. The molecule has 0 spiro atoms. The second kappa shape index (κ2) is 8.60. The summed E-state index contributed by atoms with van der Waals surface area (Å²) in [7, 11) is 1.55. The summed E-state index contributed by atoms with van der Waals surface area (Å²) in [6, 6.07) is 22.8. The minimum atomic E-state index is -0.434. The van der Waals surface area contributed by atoms with Crippen molar-refractivity contribution < 1.29 is 9.53 Å². The maximum absolute atomic E-state index is 12.5. The van der Waals surface area contributed by atoms with E-state index in [0.717, 1.165) is 16.8 Å². The molecule has 0 aliphatic carbocycles. The summed E-state index contributed by atoms with van der Waals surface area (Å²) in [5, 5.41) is 6.59. The SMILES string of the molecule is COc1ccc(Cl)cc1NC(=O)[C@H](C)Nc1ccc(-c2ccccc2)cc1. The van der Waals surface area contributed by atoms with Crippen LogP contribution in [-0.4, -0.2) is 19.1 Å². The van der Waals surface area contributed by atoms with Gasteiger partial charge in [0.15, 0.2) is 0 Å². The number of nitrogens with one attached hydrogen (secondary N) is 2. The first-order valence-electron chi connectivity index (χ1n) is 8.63. The fourth-order valence-corrected chi connectivity index (χ4v) is 2.90. The zero-order valence-corrected chi connectivity index (χ0v) is 16.0. The number of halogens is 1. The van der Waals surface area contributed by atoms with Crippen molar-refractivity contribution in [3.05, 3.63) is 77.8 Å². The van der Waals surface area contributed by atoms with E-state index in [1.807, 2.05) is 42.5 Å². The molecule has 0 aliphatic heterocycles. The van der Waals surface area contributed by atoms with Crippen LogP contribution in [-0.2, 0) is 4.79 Å². The maximum Gasteiger partial charge on any atom is 0.246 e. The highest BCUT2D eigenvalue weighted by Crippen LogP contribution is 2.28. The molecule has 0 aliphatic rings. The topological polar surface area (TPSA) is 50.4 Å².